The highest BCUT2D eigenvalue weighted by Crippen LogP contribution is 2.66. The van der Waals surface area contributed by atoms with Crippen LogP contribution in [0.4, 0.5) is 11.5 Å². The summed E-state index contributed by atoms with van der Waals surface area (Å²) in [4.78, 5) is 17.0. The second-order valence-corrected chi connectivity index (χ2v) is 11.0. The van der Waals surface area contributed by atoms with Crippen molar-refractivity contribution in [1.82, 2.24) is 4.98 Å². The van der Waals surface area contributed by atoms with Crippen LogP contribution in [0.15, 0.2) is 28.6 Å². The van der Waals surface area contributed by atoms with Crippen LogP contribution in [-0.4, -0.2) is 16.4 Å². The molecule has 0 amide bonds. The molecule has 0 aromatic carbocycles. The number of carbonyl (C=O) groups is 1. The molecule has 0 saturated heterocycles. The van der Waals surface area contributed by atoms with E-state index in [4.69, 9.17) is 5.11 Å². The van der Waals surface area contributed by atoms with E-state index in [9.17, 15) is 4.79 Å². The van der Waals surface area contributed by atoms with Crippen LogP contribution < -0.4 is 5.32 Å². The molecule has 1 N–H and O–H groups in total. The number of nitrogens with zero attached hydrogens (tertiary/aromatic N) is 3. The van der Waals surface area contributed by atoms with E-state index in [1.165, 1.54) is 25.7 Å². The Morgan fingerprint density at radius 3 is 2.86 bits per heavy atom. The van der Waals surface area contributed by atoms with E-state index in [2.05, 4.69) is 35.3 Å². The van der Waals surface area contributed by atoms with Gasteiger partial charge in [0.2, 0.25) is 0 Å². The van der Waals surface area contributed by atoms with E-state index in [-0.39, 0.29) is 11.1 Å². The topological polar surface area (TPSA) is 66.7 Å². The minimum Gasteiger partial charge on any atom is -0.357 e. The van der Waals surface area contributed by atoms with Gasteiger partial charge in [0, 0.05) is 18.0 Å². The smallest absolute Gasteiger partial charge is 0.197 e. The van der Waals surface area contributed by atoms with Crippen molar-refractivity contribution in [2.75, 3.05) is 5.32 Å². The van der Waals surface area contributed by atoms with Crippen LogP contribution in [0.2, 0.25) is 0 Å². The van der Waals surface area contributed by atoms with E-state index in [1.807, 2.05) is 6.07 Å². The number of azo groups is 1. The van der Waals surface area contributed by atoms with E-state index in [1.54, 1.807) is 6.20 Å². The lowest BCUT2D eigenvalue weighted by Gasteiger charge is -2.61. The number of fused-ring (bicyclic) bond motifs is 6. The molecular weight excluding hydrogens is 360 g/mol. The first kappa shape index (κ1) is 18.0. The summed E-state index contributed by atoms with van der Waals surface area (Å²) in [7, 11) is 0. The molecule has 1 aliphatic heterocycles. The van der Waals surface area contributed by atoms with Gasteiger partial charge in [-0.2, -0.15) is 5.11 Å². The molecule has 7 atom stereocenters. The summed E-state index contributed by atoms with van der Waals surface area (Å²) in [6.45, 7) is 4.85. The summed E-state index contributed by atoms with van der Waals surface area (Å²) in [5.41, 5.74) is 1.14. The maximum absolute atomic E-state index is 12.6. The molecule has 5 nitrogen and oxygen atoms in total. The summed E-state index contributed by atoms with van der Waals surface area (Å²) in [5, 5.41) is 13.0. The number of aromatic nitrogens is 1. The van der Waals surface area contributed by atoms with Crippen LogP contribution in [-0.2, 0) is 4.79 Å². The molecule has 0 radical (unpaired) electrons. The molecule has 5 heteroatoms. The molecule has 4 fully saturated rings. The SMILES string of the molecule is C[C@]12CCC3(C[C@@H]1CC[C@@H]1[C@@H]2CC[C@]2(C)C(=O)CC[C@@H]12)N=Nc1ncccc1N3. The third-order valence-electron chi connectivity index (χ3n) is 9.93. The highest BCUT2D eigenvalue weighted by molar-refractivity contribution is 5.87. The summed E-state index contributed by atoms with van der Waals surface area (Å²) < 4.78 is 0. The van der Waals surface area contributed by atoms with Gasteiger partial charge in [0.15, 0.2) is 11.5 Å². The molecule has 1 unspecified atom stereocenters. The number of hydrogen-bond donors (Lipinski definition) is 1. The molecule has 0 bridgehead atoms. The van der Waals surface area contributed by atoms with Gasteiger partial charge < -0.3 is 5.32 Å². The normalized spacial score (nSPS) is 47.7. The Kier molecular flexibility index (Phi) is 3.66. The predicted molar refractivity (Wildman–Crippen MR) is 112 cm³/mol. The van der Waals surface area contributed by atoms with Gasteiger partial charge >= 0.3 is 0 Å². The lowest BCUT2D eigenvalue weighted by molar-refractivity contribution is -0.140. The number of hydrogen-bond acceptors (Lipinski definition) is 5. The number of rotatable bonds is 0. The number of nitrogens with one attached hydrogen (secondary N) is 1. The summed E-state index contributed by atoms with van der Waals surface area (Å²) in [6, 6.07) is 4.05. The van der Waals surface area contributed by atoms with E-state index >= 15 is 0 Å². The molecule has 6 rings (SSSR count). The minimum absolute atomic E-state index is 0.0178. The standard InChI is InChI=1S/C24H32N4O/c1-22-11-12-24(26-19-4-3-13-25-21(19)27-28-24)14-15(22)5-6-16-17-7-8-20(29)23(17,2)10-9-18(16)22/h3-4,13,15-18,26H,5-12,14H2,1-2H3/t15-,16-,17-,18-,22-,23-,24?/m0/s1. The highest BCUT2D eigenvalue weighted by atomic mass is 16.1. The van der Waals surface area contributed by atoms with E-state index in [0.29, 0.717) is 28.9 Å². The summed E-state index contributed by atoms with van der Waals surface area (Å²) in [6.07, 6.45) is 12.0. The summed E-state index contributed by atoms with van der Waals surface area (Å²) in [5.74, 6) is 4.11. The molecule has 1 spiro atoms. The van der Waals surface area contributed by atoms with Crippen molar-refractivity contribution in [3.8, 4) is 0 Å². The van der Waals surface area contributed by atoms with Gasteiger partial charge in [0.1, 0.15) is 5.78 Å². The van der Waals surface area contributed by atoms with Crippen LogP contribution in [0, 0.1) is 34.5 Å². The van der Waals surface area contributed by atoms with E-state index in [0.717, 1.165) is 49.6 Å². The first-order valence-corrected chi connectivity index (χ1v) is 11.6. The van der Waals surface area contributed by atoms with Crippen molar-refractivity contribution in [3.05, 3.63) is 18.3 Å². The average Bonchev–Trinajstić information content (AvgIpc) is 3.03. The fraction of sp³-hybridized carbons (Fsp3) is 0.750. The highest BCUT2D eigenvalue weighted by Gasteiger charge is 2.61. The average molecular weight is 393 g/mol. The van der Waals surface area contributed by atoms with Gasteiger partial charge in [0.05, 0.1) is 5.69 Å². The quantitative estimate of drug-likeness (QED) is 0.598. The van der Waals surface area contributed by atoms with Crippen molar-refractivity contribution in [1.29, 1.82) is 0 Å². The van der Waals surface area contributed by atoms with Crippen molar-refractivity contribution in [2.45, 2.75) is 77.3 Å². The zero-order chi connectivity index (χ0) is 19.9. The number of ketones is 1. The first-order chi connectivity index (χ1) is 13.9. The molecule has 1 aromatic rings. The van der Waals surface area contributed by atoms with Crippen LogP contribution >= 0.6 is 0 Å². The van der Waals surface area contributed by atoms with Gasteiger partial charge in [-0.05, 0) is 92.6 Å². The fourth-order valence-corrected chi connectivity index (χ4v) is 8.21. The lowest BCUT2D eigenvalue weighted by atomic mass is 9.44. The maximum Gasteiger partial charge on any atom is 0.197 e. The minimum atomic E-state index is -0.250. The molecule has 29 heavy (non-hydrogen) atoms. The van der Waals surface area contributed by atoms with Crippen molar-refractivity contribution in [2.24, 2.45) is 44.7 Å². The van der Waals surface area contributed by atoms with Gasteiger partial charge in [-0.1, -0.05) is 13.8 Å². The van der Waals surface area contributed by atoms with Crippen molar-refractivity contribution >= 4 is 17.3 Å². The third kappa shape index (κ3) is 2.39. The first-order valence-electron chi connectivity index (χ1n) is 11.6. The maximum atomic E-state index is 12.6. The predicted octanol–water partition coefficient (Wildman–Crippen LogP) is 5.90. The molecule has 4 saturated carbocycles. The Hall–Kier alpha value is -1.78. The molecular formula is C24H32N4O. The Labute approximate surface area is 173 Å². The monoisotopic (exact) mass is 392 g/mol. The molecule has 4 aliphatic carbocycles. The number of anilines is 1. The van der Waals surface area contributed by atoms with Gasteiger partial charge in [-0.3, -0.25) is 4.79 Å². The van der Waals surface area contributed by atoms with E-state index < -0.39 is 0 Å². The van der Waals surface area contributed by atoms with Crippen LogP contribution in [0.25, 0.3) is 0 Å². The summed E-state index contributed by atoms with van der Waals surface area (Å²) >= 11 is 0. The Bertz CT molecular complexity index is 899. The second kappa shape index (κ2) is 5.89. The van der Waals surface area contributed by atoms with Crippen molar-refractivity contribution in [3.63, 3.8) is 0 Å². The zero-order valence-electron chi connectivity index (χ0n) is 17.7. The largest absolute Gasteiger partial charge is 0.357 e. The molecule has 5 aliphatic rings. The second-order valence-electron chi connectivity index (χ2n) is 11.0. The van der Waals surface area contributed by atoms with Crippen LogP contribution in [0.3, 0.4) is 0 Å². The Morgan fingerprint density at radius 2 is 1.97 bits per heavy atom. The molecule has 1 aromatic heterocycles. The van der Waals surface area contributed by atoms with Gasteiger partial charge in [-0.15, -0.1) is 5.11 Å². The van der Waals surface area contributed by atoms with Crippen LogP contribution in [0.5, 0.6) is 0 Å². The van der Waals surface area contributed by atoms with Gasteiger partial charge in [-0.25, -0.2) is 4.98 Å². The zero-order valence-corrected chi connectivity index (χ0v) is 17.7. The third-order valence-corrected chi connectivity index (χ3v) is 9.93. The number of Topliss-reactive ketones (excluding diaryl/α,β-unsaturated/α-hetero) is 1. The number of pyridine rings is 1. The molecule has 154 valence electrons. The van der Waals surface area contributed by atoms with Crippen LogP contribution in [0.1, 0.15) is 71.6 Å². The Balaban J connectivity index is 1.27. The lowest BCUT2D eigenvalue weighted by Crippen LogP contribution is -2.57. The molecule has 2 heterocycles. The Morgan fingerprint density at radius 1 is 1.07 bits per heavy atom. The fourth-order valence-electron chi connectivity index (χ4n) is 8.21. The van der Waals surface area contributed by atoms with Gasteiger partial charge in [0.25, 0.3) is 0 Å². The van der Waals surface area contributed by atoms with Crippen molar-refractivity contribution < 1.29 is 4.79 Å². The number of carbonyl (C=O) groups excluding carboxylic acids is 1.